The van der Waals surface area contributed by atoms with Gasteiger partial charge in [-0.15, -0.1) is 0 Å². The number of anilines is 2. The number of pyridine rings is 1. The van der Waals surface area contributed by atoms with Gasteiger partial charge in [0.05, 0.1) is 23.9 Å². The summed E-state index contributed by atoms with van der Waals surface area (Å²) >= 11 is 5.94. The Morgan fingerprint density at radius 3 is 2.75 bits per heavy atom. The van der Waals surface area contributed by atoms with E-state index in [2.05, 4.69) is 27.6 Å². The van der Waals surface area contributed by atoms with Crippen molar-refractivity contribution in [3.05, 3.63) is 64.4 Å². The van der Waals surface area contributed by atoms with Crippen LogP contribution in [0.2, 0.25) is 5.02 Å². The molecule has 7 nitrogen and oxygen atoms in total. The first-order valence-electron chi connectivity index (χ1n) is 8.87. The average molecular weight is 400 g/mol. The third-order valence-electron chi connectivity index (χ3n) is 4.25. The summed E-state index contributed by atoms with van der Waals surface area (Å²) < 4.78 is 7.17. The van der Waals surface area contributed by atoms with Crippen molar-refractivity contribution >= 4 is 29.0 Å². The fourth-order valence-corrected chi connectivity index (χ4v) is 3.09. The summed E-state index contributed by atoms with van der Waals surface area (Å²) in [6.45, 7) is 2.58. The number of carbonyl (C=O) groups excluding carboxylic acids is 1. The molecule has 1 aromatic carbocycles. The zero-order valence-electron chi connectivity index (χ0n) is 16.0. The van der Waals surface area contributed by atoms with Crippen molar-refractivity contribution in [3.63, 3.8) is 0 Å². The van der Waals surface area contributed by atoms with Gasteiger partial charge in [0.25, 0.3) is 5.91 Å². The van der Waals surface area contributed by atoms with Crippen molar-refractivity contribution < 1.29 is 9.53 Å². The number of ether oxygens (including phenoxy) is 1. The van der Waals surface area contributed by atoms with Crippen molar-refractivity contribution in [3.8, 4) is 5.88 Å². The number of nitrogens with one attached hydrogen (secondary N) is 2. The zero-order valence-corrected chi connectivity index (χ0v) is 16.7. The number of nitrogens with zero attached hydrogens (tertiary/aromatic N) is 3. The van der Waals surface area contributed by atoms with E-state index in [1.54, 1.807) is 48.2 Å². The van der Waals surface area contributed by atoms with E-state index in [9.17, 15) is 4.79 Å². The molecule has 0 aliphatic rings. The van der Waals surface area contributed by atoms with E-state index in [1.165, 1.54) is 6.20 Å². The van der Waals surface area contributed by atoms with Gasteiger partial charge < -0.3 is 15.4 Å². The van der Waals surface area contributed by atoms with Crippen LogP contribution < -0.4 is 15.4 Å². The summed E-state index contributed by atoms with van der Waals surface area (Å²) in [5, 5.41) is 11.1. The van der Waals surface area contributed by atoms with Crippen molar-refractivity contribution in [1.29, 1.82) is 0 Å². The molecule has 0 aliphatic carbocycles. The van der Waals surface area contributed by atoms with Crippen LogP contribution in [-0.4, -0.2) is 27.8 Å². The first-order valence-corrected chi connectivity index (χ1v) is 9.25. The van der Waals surface area contributed by atoms with Gasteiger partial charge >= 0.3 is 0 Å². The zero-order chi connectivity index (χ0) is 20.1. The second-order valence-electron chi connectivity index (χ2n) is 6.16. The molecule has 8 heteroatoms. The van der Waals surface area contributed by atoms with Gasteiger partial charge in [-0.3, -0.25) is 4.79 Å². The molecular weight excluding hydrogens is 378 g/mol. The number of aromatic nitrogens is 3. The Kier molecular flexibility index (Phi) is 6.16. The fraction of sp³-hybridized carbons (Fsp3) is 0.250. The molecule has 2 N–H and O–H groups in total. The maximum Gasteiger partial charge on any atom is 0.257 e. The smallest absolute Gasteiger partial charge is 0.257 e. The van der Waals surface area contributed by atoms with E-state index in [1.807, 2.05) is 7.05 Å². The number of rotatable bonds is 7. The highest BCUT2D eigenvalue weighted by atomic mass is 35.5. The first kappa shape index (κ1) is 19.7. The Bertz CT molecular complexity index is 969. The van der Waals surface area contributed by atoms with Gasteiger partial charge in [-0.2, -0.15) is 5.10 Å². The third kappa shape index (κ3) is 4.43. The average Bonchev–Trinajstić information content (AvgIpc) is 3.01. The molecule has 0 unspecified atom stereocenters. The fourth-order valence-electron chi connectivity index (χ4n) is 2.90. The lowest BCUT2D eigenvalue weighted by atomic mass is 10.2. The minimum absolute atomic E-state index is 0.247. The Morgan fingerprint density at radius 1 is 1.29 bits per heavy atom. The minimum atomic E-state index is -0.247. The predicted octanol–water partition coefficient (Wildman–Crippen LogP) is 3.90. The SMILES string of the molecule is CCc1nn(C)c(OC)c1CNc1ccc(C(=O)Nc2cccc(Cl)c2)cn1. The van der Waals surface area contributed by atoms with Gasteiger partial charge in [-0.25, -0.2) is 9.67 Å². The molecule has 0 bridgehead atoms. The molecule has 0 spiro atoms. The number of hydrogen-bond donors (Lipinski definition) is 2. The molecule has 3 rings (SSSR count). The molecule has 1 amide bonds. The standard InChI is InChI=1S/C20H22ClN5O2/c1-4-17-16(20(28-3)26(2)25-17)12-23-18-9-8-13(11-22-18)19(27)24-15-7-5-6-14(21)10-15/h5-11H,4,12H2,1-3H3,(H,22,23)(H,24,27). The molecule has 0 radical (unpaired) electrons. The summed E-state index contributed by atoms with van der Waals surface area (Å²) in [5.41, 5.74) is 3.07. The second kappa shape index (κ2) is 8.75. The number of hydrogen-bond acceptors (Lipinski definition) is 5. The number of amides is 1. The van der Waals surface area contributed by atoms with E-state index < -0.39 is 0 Å². The molecule has 0 fully saturated rings. The summed E-state index contributed by atoms with van der Waals surface area (Å²) in [6.07, 6.45) is 2.34. The molecule has 2 aromatic heterocycles. The van der Waals surface area contributed by atoms with E-state index in [-0.39, 0.29) is 5.91 Å². The summed E-state index contributed by atoms with van der Waals surface area (Å²) in [7, 11) is 3.48. The number of carbonyl (C=O) groups is 1. The molecule has 3 aromatic rings. The molecule has 0 saturated carbocycles. The van der Waals surface area contributed by atoms with Crippen molar-refractivity contribution in [2.45, 2.75) is 19.9 Å². The van der Waals surface area contributed by atoms with Gasteiger partial charge in [0, 0.05) is 30.5 Å². The monoisotopic (exact) mass is 399 g/mol. The van der Waals surface area contributed by atoms with Gasteiger partial charge in [0.1, 0.15) is 5.82 Å². The molecule has 146 valence electrons. The lowest BCUT2D eigenvalue weighted by Gasteiger charge is -2.09. The normalized spacial score (nSPS) is 10.6. The molecule has 0 aliphatic heterocycles. The predicted molar refractivity (Wildman–Crippen MR) is 110 cm³/mol. The molecule has 0 atom stereocenters. The Labute approximate surface area is 168 Å². The second-order valence-corrected chi connectivity index (χ2v) is 6.60. The van der Waals surface area contributed by atoms with Gasteiger partial charge in [-0.1, -0.05) is 24.6 Å². The van der Waals surface area contributed by atoms with Gasteiger partial charge in [-0.05, 0) is 36.8 Å². The molecule has 0 saturated heterocycles. The third-order valence-corrected chi connectivity index (χ3v) is 4.49. The van der Waals surface area contributed by atoms with Crippen LogP contribution in [-0.2, 0) is 20.0 Å². The van der Waals surface area contributed by atoms with E-state index in [4.69, 9.17) is 16.3 Å². The lowest BCUT2D eigenvalue weighted by Crippen LogP contribution is -2.12. The summed E-state index contributed by atoms with van der Waals surface area (Å²) in [4.78, 5) is 16.7. The van der Waals surface area contributed by atoms with E-state index in [0.29, 0.717) is 28.6 Å². The quantitative estimate of drug-likeness (QED) is 0.629. The van der Waals surface area contributed by atoms with Crippen molar-refractivity contribution in [2.24, 2.45) is 7.05 Å². The highest BCUT2D eigenvalue weighted by molar-refractivity contribution is 6.30. The largest absolute Gasteiger partial charge is 0.481 e. The van der Waals surface area contributed by atoms with Gasteiger partial charge in [0.15, 0.2) is 0 Å². The Morgan fingerprint density at radius 2 is 2.11 bits per heavy atom. The van der Waals surface area contributed by atoms with Crippen LogP contribution in [0.25, 0.3) is 0 Å². The minimum Gasteiger partial charge on any atom is -0.481 e. The van der Waals surface area contributed by atoms with Crippen LogP contribution >= 0.6 is 11.6 Å². The van der Waals surface area contributed by atoms with Crippen molar-refractivity contribution in [2.75, 3.05) is 17.7 Å². The van der Waals surface area contributed by atoms with Crippen LogP contribution in [0.15, 0.2) is 42.6 Å². The molecular formula is C20H22ClN5O2. The Balaban J connectivity index is 1.66. The number of methoxy groups -OCH3 is 1. The lowest BCUT2D eigenvalue weighted by molar-refractivity contribution is 0.102. The molecule has 28 heavy (non-hydrogen) atoms. The van der Waals surface area contributed by atoms with E-state index in [0.717, 1.165) is 23.6 Å². The van der Waals surface area contributed by atoms with E-state index >= 15 is 0 Å². The van der Waals surface area contributed by atoms with Crippen LogP contribution in [0.4, 0.5) is 11.5 Å². The summed E-state index contributed by atoms with van der Waals surface area (Å²) in [6, 6.07) is 10.5. The first-order chi connectivity index (χ1) is 13.5. The van der Waals surface area contributed by atoms with Crippen molar-refractivity contribution in [1.82, 2.24) is 14.8 Å². The Hall–Kier alpha value is -3.06. The summed E-state index contributed by atoms with van der Waals surface area (Å²) in [5.74, 6) is 1.14. The topological polar surface area (TPSA) is 81.1 Å². The maximum absolute atomic E-state index is 12.3. The van der Waals surface area contributed by atoms with Crippen LogP contribution in [0.5, 0.6) is 5.88 Å². The highest BCUT2D eigenvalue weighted by Crippen LogP contribution is 2.23. The maximum atomic E-state index is 12.3. The number of halogens is 1. The van der Waals surface area contributed by atoms with Crippen LogP contribution in [0, 0.1) is 0 Å². The van der Waals surface area contributed by atoms with Crippen LogP contribution in [0.3, 0.4) is 0 Å². The molecule has 2 heterocycles. The van der Waals surface area contributed by atoms with Gasteiger partial charge in [0.2, 0.25) is 5.88 Å². The van der Waals surface area contributed by atoms with Crippen LogP contribution in [0.1, 0.15) is 28.5 Å². The number of aryl methyl sites for hydroxylation is 2. The highest BCUT2D eigenvalue weighted by Gasteiger charge is 2.15. The number of benzene rings is 1.